The maximum atomic E-state index is 2.24. The molecule has 1 aliphatic rings. The van der Waals surface area contributed by atoms with E-state index in [4.69, 9.17) is 0 Å². The molecule has 1 aliphatic carbocycles. The second kappa shape index (κ2) is 2.86. The van der Waals surface area contributed by atoms with Gasteiger partial charge in [-0.05, 0) is 18.3 Å². The lowest BCUT2D eigenvalue weighted by Gasteiger charge is -2.11. The van der Waals surface area contributed by atoms with Crippen LogP contribution in [0.1, 0.15) is 13.8 Å². The Labute approximate surface area is 57.3 Å². The molecule has 1 unspecified atom stereocenters. The van der Waals surface area contributed by atoms with Gasteiger partial charge in [0.1, 0.15) is 0 Å². The lowest BCUT2D eigenvalue weighted by molar-refractivity contribution is 0.577. The molecule has 0 amide bonds. The van der Waals surface area contributed by atoms with Crippen molar-refractivity contribution in [1.82, 2.24) is 0 Å². The average Bonchev–Trinajstić information content (AvgIpc) is 2.37. The van der Waals surface area contributed by atoms with E-state index in [2.05, 4.69) is 44.6 Å². The molecule has 0 saturated carbocycles. The molecule has 0 nitrogen and oxygen atoms in total. The Hall–Kier alpha value is -0.520. The van der Waals surface area contributed by atoms with Crippen LogP contribution in [0.25, 0.3) is 0 Å². The average molecular weight is 121 g/mol. The van der Waals surface area contributed by atoms with E-state index in [-0.39, 0.29) is 0 Å². The zero-order valence-corrected chi connectivity index (χ0v) is 6.04. The van der Waals surface area contributed by atoms with Gasteiger partial charge in [-0.1, -0.05) is 38.2 Å². The van der Waals surface area contributed by atoms with Crippen LogP contribution in [0.15, 0.2) is 24.3 Å². The molecule has 0 N–H and O–H groups in total. The Balaban J connectivity index is 2.43. The molecular formula is C9H13. The fourth-order valence-corrected chi connectivity index (χ4v) is 1.02. The van der Waals surface area contributed by atoms with Gasteiger partial charge in [0.15, 0.2) is 0 Å². The highest BCUT2D eigenvalue weighted by molar-refractivity contribution is 5.19. The van der Waals surface area contributed by atoms with Crippen molar-refractivity contribution in [3.05, 3.63) is 30.7 Å². The summed E-state index contributed by atoms with van der Waals surface area (Å²) < 4.78 is 0. The van der Waals surface area contributed by atoms with Gasteiger partial charge in [0, 0.05) is 0 Å². The molecule has 0 aromatic carbocycles. The molecule has 9 heavy (non-hydrogen) atoms. The first-order chi connectivity index (χ1) is 4.34. The Kier molecular flexibility index (Phi) is 2.10. The van der Waals surface area contributed by atoms with E-state index in [0.29, 0.717) is 11.8 Å². The Morgan fingerprint density at radius 3 is 2.33 bits per heavy atom. The maximum Gasteiger partial charge on any atom is -0.00189 e. The largest absolute Gasteiger partial charge is 0.0773 e. The number of hydrogen-bond acceptors (Lipinski definition) is 0. The molecule has 0 heterocycles. The lowest BCUT2D eigenvalue weighted by atomic mass is 9.94. The third-order valence-electron chi connectivity index (χ3n) is 1.91. The first-order valence-corrected chi connectivity index (χ1v) is 3.49. The molecule has 0 bridgehead atoms. The maximum absolute atomic E-state index is 2.24. The third-order valence-corrected chi connectivity index (χ3v) is 1.91. The van der Waals surface area contributed by atoms with Crippen LogP contribution in [0, 0.1) is 18.3 Å². The zero-order valence-electron chi connectivity index (χ0n) is 6.04. The van der Waals surface area contributed by atoms with Gasteiger partial charge >= 0.3 is 0 Å². The molecule has 0 aliphatic heterocycles. The standard InChI is InChI=1S/C9H13/c1-3-8(2)9-6-4-5-7-9/h3-9H,1-2H3. The van der Waals surface area contributed by atoms with Gasteiger partial charge in [-0.2, -0.15) is 0 Å². The predicted octanol–water partition coefficient (Wildman–Crippen LogP) is 2.59. The van der Waals surface area contributed by atoms with E-state index in [1.807, 2.05) is 0 Å². The van der Waals surface area contributed by atoms with Crippen LogP contribution in [0.2, 0.25) is 0 Å². The van der Waals surface area contributed by atoms with Crippen molar-refractivity contribution in [2.45, 2.75) is 13.8 Å². The van der Waals surface area contributed by atoms with Crippen molar-refractivity contribution >= 4 is 0 Å². The highest BCUT2D eigenvalue weighted by atomic mass is 14.1. The second-order valence-corrected chi connectivity index (χ2v) is 2.54. The van der Waals surface area contributed by atoms with Crippen LogP contribution in [0.4, 0.5) is 0 Å². The normalized spacial score (nSPS) is 21.1. The first kappa shape index (κ1) is 6.60. The minimum absolute atomic E-state index is 0.662. The summed E-state index contributed by atoms with van der Waals surface area (Å²) in [6, 6.07) is 0. The van der Waals surface area contributed by atoms with E-state index in [1.165, 1.54) is 0 Å². The van der Waals surface area contributed by atoms with E-state index in [0.717, 1.165) is 0 Å². The number of allylic oxidation sites excluding steroid dienone is 4. The molecule has 0 fully saturated rings. The molecule has 0 aromatic heterocycles. The van der Waals surface area contributed by atoms with Crippen LogP contribution >= 0.6 is 0 Å². The van der Waals surface area contributed by atoms with Crippen molar-refractivity contribution in [2.75, 3.05) is 0 Å². The van der Waals surface area contributed by atoms with Crippen molar-refractivity contribution in [1.29, 1.82) is 0 Å². The summed E-state index contributed by atoms with van der Waals surface area (Å²) in [6.07, 6.45) is 11.0. The minimum atomic E-state index is 0.662. The SMILES string of the molecule is C[CH]C(C)C1C=CC=C1. The van der Waals surface area contributed by atoms with Gasteiger partial charge in [0.2, 0.25) is 0 Å². The second-order valence-electron chi connectivity index (χ2n) is 2.54. The molecule has 0 saturated heterocycles. The molecule has 1 atom stereocenters. The monoisotopic (exact) mass is 121 g/mol. The van der Waals surface area contributed by atoms with Crippen molar-refractivity contribution in [2.24, 2.45) is 11.8 Å². The van der Waals surface area contributed by atoms with E-state index >= 15 is 0 Å². The van der Waals surface area contributed by atoms with E-state index in [9.17, 15) is 0 Å². The number of rotatable bonds is 2. The lowest BCUT2D eigenvalue weighted by Crippen LogP contribution is -2.03. The summed E-state index contributed by atoms with van der Waals surface area (Å²) in [4.78, 5) is 0. The molecular weight excluding hydrogens is 108 g/mol. The summed E-state index contributed by atoms with van der Waals surface area (Å²) >= 11 is 0. The highest BCUT2D eigenvalue weighted by Gasteiger charge is 2.10. The molecule has 1 radical (unpaired) electrons. The Morgan fingerprint density at radius 1 is 1.33 bits per heavy atom. The fourth-order valence-electron chi connectivity index (χ4n) is 1.02. The van der Waals surface area contributed by atoms with Crippen LogP contribution in [0.3, 0.4) is 0 Å². The van der Waals surface area contributed by atoms with Gasteiger partial charge in [0.25, 0.3) is 0 Å². The van der Waals surface area contributed by atoms with Gasteiger partial charge in [-0.3, -0.25) is 0 Å². The van der Waals surface area contributed by atoms with Gasteiger partial charge < -0.3 is 0 Å². The van der Waals surface area contributed by atoms with E-state index in [1.54, 1.807) is 0 Å². The summed E-state index contributed by atoms with van der Waals surface area (Å²) in [6.45, 7) is 4.36. The van der Waals surface area contributed by atoms with Crippen molar-refractivity contribution < 1.29 is 0 Å². The summed E-state index contributed by atoms with van der Waals surface area (Å²) in [5.74, 6) is 1.36. The third kappa shape index (κ3) is 1.44. The van der Waals surface area contributed by atoms with Crippen LogP contribution in [-0.2, 0) is 0 Å². The highest BCUT2D eigenvalue weighted by Crippen LogP contribution is 2.20. The first-order valence-electron chi connectivity index (χ1n) is 3.49. The zero-order chi connectivity index (χ0) is 6.69. The number of hydrogen-bond donors (Lipinski definition) is 0. The predicted molar refractivity (Wildman–Crippen MR) is 40.9 cm³/mol. The van der Waals surface area contributed by atoms with Crippen molar-refractivity contribution in [3.63, 3.8) is 0 Å². The van der Waals surface area contributed by atoms with Gasteiger partial charge in [0.05, 0.1) is 0 Å². The Bertz CT molecular complexity index is 119. The molecule has 0 aromatic rings. The summed E-state index contributed by atoms with van der Waals surface area (Å²) in [7, 11) is 0. The van der Waals surface area contributed by atoms with Gasteiger partial charge in [-0.15, -0.1) is 0 Å². The minimum Gasteiger partial charge on any atom is -0.0773 e. The van der Waals surface area contributed by atoms with Crippen molar-refractivity contribution in [3.8, 4) is 0 Å². The topological polar surface area (TPSA) is 0 Å². The van der Waals surface area contributed by atoms with Crippen LogP contribution in [-0.4, -0.2) is 0 Å². The molecule has 0 heteroatoms. The van der Waals surface area contributed by atoms with Crippen LogP contribution < -0.4 is 0 Å². The smallest absolute Gasteiger partial charge is 0.00189 e. The van der Waals surface area contributed by atoms with Gasteiger partial charge in [-0.25, -0.2) is 0 Å². The fraction of sp³-hybridized carbons (Fsp3) is 0.444. The quantitative estimate of drug-likeness (QED) is 0.526. The van der Waals surface area contributed by atoms with Crippen LogP contribution in [0.5, 0.6) is 0 Å². The summed E-state index contributed by atoms with van der Waals surface area (Å²) in [5.41, 5.74) is 0. The Morgan fingerprint density at radius 2 is 1.89 bits per heavy atom. The molecule has 1 rings (SSSR count). The summed E-state index contributed by atoms with van der Waals surface area (Å²) in [5, 5.41) is 0. The van der Waals surface area contributed by atoms with E-state index < -0.39 is 0 Å². The molecule has 0 spiro atoms. The molecule has 49 valence electrons.